The van der Waals surface area contributed by atoms with E-state index in [-0.39, 0.29) is 17.3 Å². The van der Waals surface area contributed by atoms with Gasteiger partial charge < -0.3 is 5.32 Å². The van der Waals surface area contributed by atoms with Crippen LogP contribution in [0.15, 0.2) is 18.2 Å². The topological polar surface area (TPSA) is 72.2 Å². The molecule has 1 N–H and O–H groups in total. The fourth-order valence-corrected chi connectivity index (χ4v) is 1.64. The van der Waals surface area contributed by atoms with Gasteiger partial charge in [0.05, 0.1) is 10.5 Å². The van der Waals surface area contributed by atoms with Gasteiger partial charge in [-0.3, -0.25) is 14.9 Å². The number of nitrogens with zero attached hydrogens (tertiary/aromatic N) is 1. The molecule has 0 aromatic heterocycles. The molecule has 1 aromatic rings. The molecule has 5 nitrogen and oxygen atoms in total. The molecule has 0 atom stereocenters. The van der Waals surface area contributed by atoms with E-state index in [0.717, 1.165) is 6.42 Å². The van der Waals surface area contributed by atoms with Crippen LogP contribution in [0, 0.1) is 22.0 Å². The number of para-hydroxylation sites is 1. The van der Waals surface area contributed by atoms with E-state index < -0.39 is 4.92 Å². The molecule has 0 aliphatic carbocycles. The Bertz CT molecular complexity index is 556. The minimum absolute atomic E-state index is 0.127. The average Bonchev–Trinajstić information content (AvgIpc) is 2.40. The maximum atomic E-state index is 11.7. The van der Waals surface area contributed by atoms with Crippen LogP contribution in [-0.2, 0) is 4.79 Å². The molecule has 1 rings (SSSR count). The second-order valence-electron chi connectivity index (χ2n) is 4.31. The van der Waals surface area contributed by atoms with Gasteiger partial charge in [0.15, 0.2) is 0 Å². The number of nitrogens with one attached hydrogen (secondary N) is 1. The molecule has 0 heterocycles. The van der Waals surface area contributed by atoms with Crippen LogP contribution in [0.1, 0.15) is 45.1 Å². The third kappa shape index (κ3) is 4.39. The van der Waals surface area contributed by atoms with Crippen LogP contribution in [-0.4, -0.2) is 10.8 Å². The number of anilines is 1. The van der Waals surface area contributed by atoms with Crippen molar-refractivity contribution in [1.82, 2.24) is 0 Å². The van der Waals surface area contributed by atoms with Crippen molar-refractivity contribution in [2.45, 2.75) is 39.5 Å². The summed E-state index contributed by atoms with van der Waals surface area (Å²) in [6, 6.07) is 4.62. The Morgan fingerprint density at radius 1 is 1.35 bits per heavy atom. The van der Waals surface area contributed by atoms with E-state index in [1.165, 1.54) is 6.07 Å². The fraction of sp³-hybridized carbons (Fsp3) is 0.400. The van der Waals surface area contributed by atoms with Crippen molar-refractivity contribution >= 4 is 17.3 Å². The first-order chi connectivity index (χ1) is 9.60. The lowest BCUT2D eigenvalue weighted by Gasteiger charge is -2.07. The Balaban J connectivity index is 3.17. The Kier molecular flexibility index (Phi) is 6.24. The van der Waals surface area contributed by atoms with Crippen molar-refractivity contribution in [3.63, 3.8) is 0 Å². The van der Waals surface area contributed by atoms with E-state index >= 15 is 0 Å². The van der Waals surface area contributed by atoms with Crippen LogP contribution in [0.25, 0.3) is 0 Å². The Hall–Kier alpha value is -2.35. The molecular formula is C15H18N2O3. The highest BCUT2D eigenvalue weighted by Gasteiger charge is 2.18. The van der Waals surface area contributed by atoms with E-state index in [9.17, 15) is 14.9 Å². The molecular weight excluding hydrogens is 256 g/mol. The van der Waals surface area contributed by atoms with Gasteiger partial charge in [-0.2, -0.15) is 0 Å². The van der Waals surface area contributed by atoms with E-state index in [1.807, 2.05) is 13.8 Å². The van der Waals surface area contributed by atoms with Crippen LogP contribution < -0.4 is 5.32 Å². The van der Waals surface area contributed by atoms with Crippen LogP contribution in [0.3, 0.4) is 0 Å². The first kappa shape index (κ1) is 15.7. The highest BCUT2D eigenvalue weighted by molar-refractivity contribution is 5.94. The monoisotopic (exact) mass is 274 g/mol. The van der Waals surface area contributed by atoms with Crippen molar-refractivity contribution in [2.24, 2.45) is 0 Å². The molecule has 0 radical (unpaired) electrons. The number of nitro benzene ring substituents is 1. The standard InChI is InChI=1S/C15H18N2O3/c1-3-5-6-9-12-10-7-11-13(17(19)20)15(12)16-14(18)8-4-2/h7,10-11H,3-5,8H2,1-2H3,(H,16,18). The van der Waals surface area contributed by atoms with Crippen molar-refractivity contribution in [3.05, 3.63) is 33.9 Å². The predicted octanol–water partition coefficient (Wildman–Crippen LogP) is 3.49. The number of carbonyl (C=O) groups is 1. The number of hydrogen-bond acceptors (Lipinski definition) is 3. The van der Waals surface area contributed by atoms with E-state index in [0.29, 0.717) is 24.8 Å². The minimum Gasteiger partial charge on any atom is -0.319 e. The predicted molar refractivity (Wildman–Crippen MR) is 78.4 cm³/mol. The van der Waals surface area contributed by atoms with Gasteiger partial charge in [0, 0.05) is 18.9 Å². The molecule has 0 spiro atoms. The van der Waals surface area contributed by atoms with E-state index in [1.54, 1.807) is 12.1 Å². The van der Waals surface area contributed by atoms with Crippen molar-refractivity contribution < 1.29 is 9.72 Å². The van der Waals surface area contributed by atoms with Gasteiger partial charge in [-0.05, 0) is 18.9 Å². The first-order valence-corrected chi connectivity index (χ1v) is 6.66. The molecule has 0 aliphatic rings. The lowest BCUT2D eigenvalue weighted by molar-refractivity contribution is -0.383. The zero-order valence-electron chi connectivity index (χ0n) is 11.7. The molecule has 1 amide bonds. The minimum atomic E-state index is -0.507. The smallest absolute Gasteiger partial charge is 0.294 e. The molecule has 0 saturated heterocycles. The number of nitro groups is 1. The summed E-state index contributed by atoms with van der Waals surface area (Å²) in [4.78, 5) is 22.2. The van der Waals surface area contributed by atoms with Crippen molar-refractivity contribution in [2.75, 3.05) is 5.32 Å². The molecule has 5 heteroatoms. The third-order valence-corrected chi connectivity index (χ3v) is 2.58. The molecule has 0 fully saturated rings. The van der Waals surface area contributed by atoms with Gasteiger partial charge >= 0.3 is 0 Å². The van der Waals surface area contributed by atoms with Crippen LogP contribution in [0.5, 0.6) is 0 Å². The first-order valence-electron chi connectivity index (χ1n) is 6.66. The fourth-order valence-electron chi connectivity index (χ4n) is 1.64. The summed E-state index contributed by atoms with van der Waals surface area (Å²) in [5.74, 6) is 5.59. The number of hydrogen-bond donors (Lipinski definition) is 1. The van der Waals surface area contributed by atoms with Gasteiger partial charge in [0.25, 0.3) is 5.69 Å². The molecule has 106 valence electrons. The zero-order valence-corrected chi connectivity index (χ0v) is 11.7. The number of amides is 1. The number of rotatable bonds is 5. The lowest BCUT2D eigenvalue weighted by atomic mass is 10.1. The summed E-state index contributed by atoms with van der Waals surface area (Å²) in [6.07, 6.45) is 2.64. The van der Waals surface area contributed by atoms with Crippen LogP contribution in [0.2, 0.25) is 0 Å². The largest absolute Gasteiger partial charge is 0.319 e. The second-order valence-corrected chi connectivity index (χ2v) is 4.31. The van der Waals surface area contributed by atoms with Crippen LogP contribution >= 0.6 is 0 Å². The van der Waals surface area contributed by atoms with Gasteiger partial charge in [-0.1, -0.05) is 31.8 Å². The van der Waals surface area contributed by atoms with Crippen LogP contribution in [0.4, 0.5) is 11.4 Å². The highest BCUT2D eigenvalue weighted by Crippen LogP contribution is 2.28. The lowest BCUT2D eigenvalue weighted by Crippen LogP contribution is -2.13. The van der Waals surface area contributed by atoms with Gasteiger partial charge in [-0.25, -0.2) is 0 Å². The van der Waals surface area contributed by atoms with Gasteiger partial charge in [-0.15, -0.1) is 0 Å². The summed E-state index contributed by atoms with van der Waals surface area (Å²) in [5, 5.41) is 13.7. The summed E-state index contributed by atoms with van der Waals surface area (Å²) in [5.41, 5.74) is 0.550. The van der Waals surface area contributed by atoms with Crippen molar-refractivity contribution in [3.8, 4) is 11.8 Å². The highest BCUT2D eigenvalue weighted by atomic mass is 16.6. The maximum absolute atomic E-state index is 11.7. The second kappa shape index (κ2) is 7.95. The Morgan fingerprint density at radius 3 is 2.70 bits per heavy atom. The summed E-state index contributed by atoms with van der Waals surface area (Å²) in [7, 11) is 0. The molecule has 0 saturated carbocycles. The molecule has 0 bridgehead atoms. The third-order valence-electron chi connectivity index (χ3n) is 2.58. The van der Waals surface area contributed by atoms with E-state index in [2.05, 4.69) is 17.2 Å². The molecule has 1 aromatic carbocycles. The molecule has 20 heavy (non-hydrogen) atoms. The maximum Gasteiger partial charge on any atom is 0.294 e. The Morgan fingerprint density at radius 2 is 2.10 bits per heavy atom. The van der Waals surface area contributed by atoms with Crippen molar-refractivity contribution in [1.29, 1.82) is 0 Å². The zero-order chi connectivity index (χ0) is 15.0. The number of unbranched alkanes of at least 4 members (excludes halogenated alkanes) is 1. The molecule has 0 unspecified atom stereocenters. The molecule has 0 aliphatic heterocycles. The summed E-state index contributed by atoms with van der Waals surface area (Å²) >= 11 is 0. The number of benzene rings is 1. The SMILES string of the molecule is CCCC#Cc1cccc([N+](=O)[O-])c1NC(=O)CCC. The summed E-state index contributed by atoms with van der Waals surface area (Å²) < 4.78 is 0. The van der Waals surface area contributed by atoms with E-state index in [4.69, 9.17) is 0 Å². The van der Waals surface area contributed by atoms with Gasteiger partial charge in [0.2, 0.25) is 5.91 Å². The normalized spacial score (nSPS) is 9.50. The average molecular weight is 274 g/mol. The quantitative estimate of drug-likeness (QED) is 0.507. The number of carbonyl (C=O) groups excluding carboxylic acids is 1. The van der Waals surface area contributed by atoms with Gasteiger partial charge in [0.1, 0.15) is 5.69 Å². The Labute approximate surface area is 118 Å². The summed E-state index contributed by atoms with van der Waals surface area (Å²) in [6.45, 7) is 3.88.